The van der Waals surface area contributed by atoms with E-state index in [-0.39, 0.29) is 18.4 Å². The first kappa shape index (κ1) is 15.9. The zero-order valence-electron chi connectivity index (χ0n) is 14.2. The van der Waals surface area contributed by atoms with Gasteiger partial charge in [-0.15, -0.1) is 0 Å². The maximum atomic E-state index is 12.7. The van der Waals surface area contributed by atoms with E-state index in [1.165, 1.54) is 5.56 Å². The molecule has 0 bridgehead atoms. The van der Waals surface area contributed by atoms with Crippen LogP contribution in [0.3, 0.4) is 0 Å². The molecule has 1 saturated carbocycles. The smallest absolute Gasteiger partial charge is 0.246 e. The van der Waals surface area contributed by atoms with Crippen LogP contribution in [-0.4, -0.2) is 24.9 Å². The monoisotopic (exact) mass is 334 g/mol. The van der Waals surface area contributed by atoms with E-state index in [0.29, 0.717) is 0 Å². The van der Waals surface area contributed by atoms with E-state index in [1.54, 1.807) is 4.90 Å². The first-order valence-electron chi connectivity index (χ1n) is 8.93. The van der Waals surface area contributed by atoms with Gasteiger partial charge in [0.25, 0.3) is 0 Å². The molecule has 25 heavy (non-hydrogen) atoms. The first-order valence-corrected chi connectivity index (χ1v) is 8.93. The summed E-state index contributed by atoms with van der Waals surface area (Å²) in [6.45, 7) is 0.775. The Hall–Kier alpha value is -2.62. The minimum absolute atomic E-state index is 0.0302. The lowest BCUT2D eigenvalue weighted by atomic mass is 9.95. The van der Waals surface area contributed by atoms with Crippen molar-refractivity contribution in [3.05, 3.63) is 65.7 Å². The highest BCUT2D eigenvalue weighted by atomic mass is 16.2. The van der Waals surface area contributed by atoms with Gasteiger partial charge in [0.15, 0.2) is 0 Å². The SMILES string of the molecule is O=C(CNC(=O)C1(c2ccccc2)CC1)N1CCCc2ccccc21. The van der Waals surface area contributed by atoms with E-state index in [1.807, 2.05) is 48.5 Å². The van der Waals surface area contributed by atoms with Crippen molar-refractivity contribution in [2.45, 2.75) is 31.1 Å². The van der Waals surface area contributed by atoms with Gasteiger partial charge in [0, 0.05) is 12.2 Å². The Balaban J connectivity index is 1.42. The van der Waals surface area contributed by atoms with Gasteiger partial charge in [0.2, 0.25) is 11.8 Å². The molecule has 2 amide bonds. The molecular formula is C21H22N2O2. The van der Waals surface area contributed by atoms with E-state index >= 15 is 0 Å². The van der Waals surface area contributed by atoms with Gasteiger partial charge in [-0.25, -0.2) is 0 Å². The Bertz CT molecular complexity index is 797. The molecule has 4 nitrogen and oxygen atoms in total. The van der Waals surface area contributed by atoms with Crippen LogP contribution in [0.5, 0.6) is 0 Å². The molecular weight excluding hydrogens is 312 g/mol. The Morgan fingerprint density at radius 2 is 1.72 bits per heavy atom. The fourth-order valence-electron chi connectivity index (χ4n) is 3.74. The van der Waals surface area contributed by atoms with Crippen LogP contribution >= 0.6 is 0 Å². The van der Waals surface area contributed by atoms with Gasteiger partial charge in [-0.1, -0.05) is 48.5 Å². The second-order valence-electron chi connectivity index (χ2n) is 6.91. The van der Waals surface area contributed by atoms with E-state index in [9.17, 15) is 9.59 Å². The molecule has 1 fully saturated rings. The lowest BCUT2D eigenvalue weighted by Crippen LogP contribution is -2.45. The molecule has 1 N–H and O–H groups in total. The average molecular weight is 334 g/mol. The Morgan fingerprint density at radius 3 is 2.48 bits per heavy atom. The third-order valence-electron chi connectivity index (χ3n) is 5.32. The van der Waals surface area contributed by atoms with Gasteiger partial charge in [-0.3, -0.25) is 9.59 Å². The lowest BCUT2D eigenvalue weighted by Gasteiger charge is -2.29. The third kappa shape index (κ3) is 2.93. The number of benzene rings is 2. The summed E-state index contributed by atoms with van der Waals surface area (Å²) in [4.78, 5) is 27.1. The number of amides is 2. The number of carbonyl (C=O) groups is 2. The van der Waals surface area contributed by atoms with Crippen LogP contribution in [0, 0.1) is 0 Å². The van der Waals surface area contributed by atoms with Crippen molar-refractivity contribution in [3.8, 4) is 0 Å². The summed E-state index contributed by atoms with van der Waals surface area (Å²) >= 11 is 0. The quantitative estimate of drug-likeness (QED) is 0.935. The van der Waals surface area contributed by atoms with Crippen molar-refractivity contribution in [1.82, 2.24) is 5.32 Å². The molecule has 2 aromatic carbocycles. The van der Waals surface area contributed by atoms with Crippen molar-refractivity contribution >= 4 is 17.5 Å². The molecule has 2 aromatic rings. The summed E-state index contributed by atoms with van der Waals surface area (Å²) in [5.74, 6) is -0.0679. The standard InChI is InChI=1S/C21H22N2O2/c24-19(23-14-6-8-16-7-4-5-11-18(16)23)15-22-20(25)21(12-13-21)17-9-2-1-3-10-17/h1-5,7,9-11H,6,8,12-15H2,(H,22,25). The van der Waals surface area contributed by atoms with Gasteiger partial charge >= 0.3 is 0 Å². The largest absolute Gasteiger partial charge is 0.346 e. The van der Waals surface area contributed by atoms with E-state index < -0.39 is 5.41 Å². The van der Waals surface area contributed by atoms with Crippen molar-refractivity contribution in [2.24, 2.45) is 0 Å². The zero-order chi connectivity index (χ0) is 17.3. The zero-order valence-corrected chi connectivity index (χ0v) is 14.2. The van der Waals surface area contributed by atoms with Crippen LogP contribution in [-0.2, 0) is 21.4 Å². The summed E-state index contributed by atoms with van der Waals surface area (Å²) in [6, 6.07) is 17.9. The van der Waals surface area contributed by atoms with E-state index in [2.05, 4.69) is 11.4 Å². The van der Waals surface area contributed by atoms with Crippen LogP contribution in [0.15, 0.2) is 54.6 Å². The Kier molecular flexibility index (Phi) is 4.04. The number of carbonyl (C=O) groups excluding carboxylic acids is 2. The summed E-state index contributed by atoms with van der Waals surface area (Å²) in [5, 5.41) is 2.88. The van der Waals surface area contributed by atoms with Crippen LogP contribution in [0.25, 0.3) is 0 Å². The number of nitrogens with one attached hydrogen (secondary N) is 1. The highest BCUT2D eigenvalue weighted by Gasteiger charge is 2.51. The molecule has 1 aliphatic heterocycles. The van der Waals surface area contributed by atoms with Crippen LogP contribution in [0.4, 0.5) is 5.69 Å². The minimum atomic E-state index is -0.429. The van der Waals surface area contributed by atoms with E-state index in [0.717, 1.165) is 43.5 Å². The number of anilines is 1. The van der Waals surface area contributed by atoms with Crippen molar-refractivity contribution in [3.63, 3.8) is 0 Å². The van der Waals surface area contributed by atoms with Crippen molar-refractivity contribution in [1.29, 1.82) is 0 Å². The number of hydrogen-bond donors (Lipinski definition) is 1. The van der Waals surface area contributed by atoms with Crippen molar-refractivity contribution in [2.75, 3.05) is 18.0 Å². The Labute approximate surface area is 147 Å². The molecule has 0 unspecified atom stereocenters. The predicted octanol–water partition coefficient (Wildman–Crippen LogP) is 2.81. The molecule has 0 spiro atoms. The average Bonchev–Trinajstić information content (AvgIpc) is 3.48. The van der Waals surface area contributed by atoms with Gasteiger partial charge < -0.3 is 10.2 Å². The molecule has 4 rings (SSSR count). The normalized spacial score (nSPS) is 17.5. The van der Waals surface area contributed by atoms with Gasteiger partial charge in [-0.2, -0.15) is 0 Å². The van der Waals surface area contributed by atoms with Crippen LogP contribution < -0.4 is 10.2 Å². The summed E-state index contributed by atoms with van der Waals surface area (Å²) in [5.41, 5.74) is 2.80. The van der Waals surface area contributed by atoms with Gasteiger partial charge in [0.05, 0.1) is 12.0 Å². The summed E-state index contributed by atoms with van der Waals surface area (Å²) < 4.78 is 0. The molecule has 0 saturated heterocycles. The summed E-state index contributed by atoms with van der Waals surface area (Å²) in [6.07, 6.45) is 3.67. The number of fused-ring (bicyclic) bond motifs is 1. The van der Waals surface area contributed by atoms with Crippen LogP contribution in [0.2, 0.25) is 0 Å². The van der Waals surface area contributed by atoms with Crippen LogP contribution in [0.1, 0.15) is 30.4 Å². The number of nitrogens with zero attached hydrogens (tertiary/aromatic N) is 1. The molecule has 1 heterocycles. The molecule has 0 atom stereocenters. The fraction of sp³-hybridized carbons (Fsp3) is 0.333. The maximum Gasteiger partial charge on any atom is 0.246 e. The van der Waals surface area contributed by atoms with E-state index in [4.69, 9.17) is 0 Å². The summed E-state index contributed by atoms with van der Waals surface area (Å²) in [7, 11) is 0. The fourth-order valence-corrected chi connectivity index (χ4v) is 3.74. The lowest BCUT2D eigenvalue weighted by molar-refractivity contribution is -0.126. The first-order chi connectivity index (χ1) is 12.2. The number of para-hydroxylation sites is 1. The molecule has 0 aromatic heterocycles. The van der Waals surface area contributed by atoms with Gasteiger partial charge in [0.1, 0.15) is 0 Å². The molecule has 0 radical (unpaired) electrons. The number of rotatable bonds is 4. The molecule has 4 heteroatoms. The molecule has 2 aliphatic rings. The second-order valence-corrected chi connectivity index (χ2v) is 6.91. The molecule has 128 valence electrons. The minimum Gasteiger partial charge on any atom is -0.346 e. The second kappa shape index (κ2) is 6.36. The number of aryl methyl sites for hydroxylation is 1. The highest BCUT2D eigenvalue weighted by molar-refractivity contribution is 5.99. The predicted molar refractivity (Wildman–Crippen MR) is 97.5 cm³/mol. The number of hydrogen-bond acceptors (Lipinski definition) is 2. The van der Waals surface area contributed by atoms with Gasteiger partial charge in [-0.05, 0) is 42.9 Å². The van der Waals surface area contributed by atoms with Crippen molar-refractivity contribution < 1.29 is 9.59 Å². The maximum absolute atomic E-state index is 12.7. The Morgan fingerprint density at radius 1 is 1.00 bits per heavy atom. The molecule has 1 aliphatic carbocycles. The highest BCUT2D eigenvalue weighted by Crippen LogP contribution is 2.48. The topological polar surface area (TPSA) is 49.4 Å². The third-order valence-corrected chi connectivity index (χ3v) is 5.32.